The van der Waals surface area contributed by atoms with Gasteiger partial charge in [-0.2, -0.15) is 5.01 Å². The van der Waals surface area contributed by atoms with E-state index < -0.39 is 0 Å². The van der Waals surface area contributed by atoms with Crippen LogP contribution in [-0.2, 0) is 0 Å². The lowest BCUT2D eigenvalue weighted by molar-refractivity contribution is -0.0326. The van der Waals surface area contributed by atoms with Crippen LogP contribution in [0, 0.1) is 0 Å². The first kappa shape index (κ1) is 20.5. The number of para-hydroxylation sites is 1. The van der Waals surface area contributed by atoms with Gasteiger partial charge >= 0.3 is 0 Å². The average Bonchev–Trinajstić information content (AvgIpc) is 3.29. The van der Waals surface area contributed by atoms with Crippen LogP contribution in [-0.4, -0.2) is 19.2 Å². The van der Waals surface area contributed by atoms with Crippen LogP contribution in [0.1, 0.15) is 54.3 Å². The largest absolute Gasteiger partial charge is 0.493 e. The summed E-state index contributed by atoms with van der Waals surface area (Å²) in [6.45, 7) is 4.42. The van der Waals surface area contributed by atoms with E-state index in [2.05, 4.69) is 66.8 Å². The fraction of sp³-hybridized carbons (Fsp3) is 0.259. The van der Waals surface area contributed by atoms with Crippen LogP contribution in [0.25, 0.3) is 5.70 Å². The predicted molar refractivity (Wildman–Crippen MR) is 126 cm³/mol. The van der Waals surface area contributed by atoms with E-state index in [0.29, 0.717) is 17.4 Å². The zero-order valence-corrected chi connectivity index (χ0v) is 18.8. The third-order valence-corrected chi connectivity index (χ3v) is 6.19. The van der Waals surface area contributed by atoms with Crippen LogP contribution in [0.5, 0.6) is 17.2 Å². The quantitative estimate of drug-likeness (QED) is 0.555. The minimum absolute atomic E-state index is 0.0535. The third kappa shape index (κ3) is 3.49. The molecule has 0 fully saturated rings. The van der Waals surface area contributed by atoms with Crippen molar-refractivity contribution in [3.8, 4) is 17.2 Å². The zero-order valence-electron chi connectivity index (χ0n) is 18.8. The van der Waals surface area contributed by atoms with Gasteiger partial charge in [0.25, 0.3) is 0 Å². The second kappa shape index (κ2) is 8.24. The molecule has 32 heavy (non-hydrogen) atoms. The first-order valence-electron chi connectivity index (χ1n) is 10.9. The van der Waals surface area contributed by atoms with Crippen molar-refractivity contribution in [1.29, 1.82) is 0 Å². The van der Waals surface area contributed by atoms with E-state index in [4.69, 9.17) is 14.2 Å². The van der Waals surface area contributed by atoms with Crippen molar-refractivity contribution in [1.82, 2.24) is 10.4 Å². The molecule has 164 valence electrons. The highest BCUT2D eigenvalue weighted by Gasteiger charge is 2.40. The van der Waals surface area contributed by atoms with Gasteiger partial charge in [0, 0.05) is 16.7 Å². The summed E-state index contributed by atoms with van der Waals surface area (Å²) >= 11 is 0. The number of benzene rings is 3. The van der Waals surface area contributed by atoms with Crippen LogP contribution in [0.3, 0.4) is 0 Å². The second-order valence-corrected chi connectivity index (χ2v) is 8.44. The number of rotatable bonds is 5. The Bertz CT molecular complexity index is 1150. The van der Waals surface area contributed by atoms with E-state index in [0.717, 1.165) is 28.1 Å². The topological polar surface area (TPSA) is 43.0 Å². The Labute approximate surface area is 189 Å². The van der Waals surface area contributed by atoms with Gasteiger partial charge in [0.05, 0.1) is 26.0 Å². The van der Waals surface area contributed by atoms with Gasteiger partial charge in [0.2, 0.25) is 0 Å². The Morgan fingerprint density at radius 3 is 2.38 bits per heavy atom. The highest BCUT2D eigenvalue weighted by Crippen LogP contribution is 2.46. The van der Waals surface area contributed by atoms with E-state index >= 15 is 0 Å². The molecule has 0 aliphatic carbocycles. The molecule has 0 saturated heterocycles. The van der Waals surface area contributed by atoms with E-state index in [1.165, 1.54) is 5.56 Å². The molecule has 0 amide bonds. The maximum atomic E-state index is 6.48. The number of nitrogens with zero attached hydrogens (tertiary/aromatic N) is 1. The summed E-state index contributed by atoms with van der Waals surface area (Å²) in [5, 5.41) is 2.18. The average molecular weight is 429 g/mol. The molecule has 2 atom stereocenters. The number of hydrazine groups is 1. The number of hydrogen-bond acceptors (Lipinski definition) is 5. The molecule has 3 aromatic rings. The zero-order chi connectivity index (χ0) is 22.2. The molecule has 2 heterocycles. The van der Waals surface area contributed by atoms with Crippen molar-refractivity contribution in [2.75, 3.05) is 14.2 Å². The molecule has 5 nitrogen and oxygen atoms in total. The van der Waals surface area contributed by atoms with Crippen LogP contribution in [0.15, 0.2) is 72.8 Å². The molecule has 5 heteroatoms. The van der Waals surface area contributed by atoms with E-state index in [1.807, 2.05) is 30.3 Å². The molecular weight excluding hydrogens is 400 g/mol. The minimum atomic E-state index is -0.245. The standard InChI is InChI=1S/C27H28N2O3/c1-17(2)18-9-11-19(12-10-18)27-29-23(21-7-5-6-8-24(21)32-27)16-22(28-29)20-13-14-25(30-3)26(15-20)31-4/h5-17,23,27-28H,1-4H3. The summed E-state index contributed by atoms with van der Waals surface area (Å²) in [5.41, 5.74) is 9.22. The lowest BCUT2D eigenvalue weighted by Gasteiger charge is -2.39. The number of nitrogens with one attached hydrogen (secondary N) is 1. The first-order valence-corrected chi connectivity index (χ1v) is 10.9. The minimum Gasteiger partial charge on any atom is -0.493 e. The lowest BCUT2D eigenvalue weighted by Crippen LogP contribution is -2.43. The van der Waals surface area contributed by atoms with Crippen molar-refractivity contribution in [3.05, 3.63) is 95.1 Å². The molecule has 5 rings (SSSR count). The van der Waals surface area contributed by atoms with Crippen molar-refractivity contribution in [2.45, 2.75) is 32.0 Å². The van der Waals surface area contributed by atoms with Crippen LogP contribution < -0.4 is 19.6 Å². The molecule has 0 saturated carbocycles. The van der Waals surface area contributed by atoms with Crippen molar-refractivity contribution in [2.24, 2.45) is 0 Å². The third-order valence-electron chi connectivity index (χ3n) is 6.19. The lowest BCUT2D eigenvalue weighted by atomic mass is 9.98. The van der Waals surface area contributed by atoms with Gasteiger partial charge in [-0.3, -0.25) is 0 Å². The fourth-order valence-corrected chi connectivity index (χ4v) is 4.38. The molecule has 1 N–H and O–H groups in total. The molecule has 3 aromatic carbocycles. The Hall–Kier alpha value is -3.44. The normalized spacial score (nSPS) is 19.5. The summed E-state index contributed by atoms with van der Waals surface area (Å²) in [5.74, 6) is 2.82. The maximum absolute atomic E-state index is 6.48. The van der Waals surface area contributed by atoms with Gasteiger partial charge in [0.15, 0.2) is 17.7 Å². The van der Waals surface area contributed by atoms with Crippen LogP contribution >= 0.6 is 0 Å². The highest BCUT2D eigenvalue weighted by atomic mass is 16.5. The van der Waals surface area contributed by atoms with Crippen LogP contribution in [0.4, 0.5) is 0 Å². The highest BCUT2D eigenvalue weighted by molar-refractivity contribution is 5.69. The summed E-state index contributed by atoms with van der Waals surface area (Å²) in [4.78, 5) is 0. The van der Waals surface area contributed by atoms with E-state index in [9.17, 15) is 0 Å². The van der Waals surface area contributed by atoms with Crippen molar-refractivity contribution in [3.63, 3.8) is 0 Å². The van der Waals surface area contributed by atoms with Crippen molar-refractivity contribution < 1.29 is 14.2 Å². The molecular formula is C27H28N2O3. The molecule has 2 unspecified atom stereocenters. The number of fused-ring (bicyclic) bond motifs is 3. The maximum Gasteiger partial charge on any atom is 0.195 e. The van der Waals surface area contributed by atoms with E-state index in [-0.39, 0.29) is 12.3 Å². The van der Waals surface area contributed by atoms with Gasteiger partial charge < -0.3 is 19.6 Å². The summed E-state index contributed by atoms with van der Waals surface area (Å²) in [6, 6.07) is 23.0. The number of hydrogen-bond donors (Lipinski definition) is 1. The van der Waals surface area contributed by atoms with Gasteiger partial charge in [-0.25, -0.2) is 0 Å². The second-order valence-electron chi connectivity index (χ2n) is 8.44. The number of methoxy groups -OCH3 is 2. The van der Waals surface area contributed by atoms with Gasteiger partial charge in [0.1, 0.15) is 5.75 Å². The summed E-state index contributed by atoms with van der Waals surface area (Å²) in [7, 11) is 3.30. The van der Waals surface area contributed by atoms with Crippen LogP contribution in [0.2, 0.25) is 0 Å². The molecule has 0 bridgehead atoms. The first-order chi connectivity index (χ1) is 15.6. The summed E-state index contributed by atoms with van der Waals surface area (Å²) < 4.78 is 17.4. The van der Waals surface area contributed by atoms with Crippen molar-refractivity contribution >= 4 is 5.70 Å². The Morgan fingerprint density at radius 2 is 1.66 bits per heavy atom. The molecule has 0 aromatic heterocycles. The predicted octanol–water partition coefficient (Wildman–Crippen LogP) is 5.82. The molecule has 2 aliphatic heterocycles. The Kier molecular flexibility index (Phi) is 5.27. The Morgan fingerprint density at radius 1 is 0.906 bits per heavy atom. The molecule has 0 spiro atoms. The van der Waals surface area contributed by atoms with Gasteiger partial charge in [-0.1, -0.05) is 56.3 Å². The number of ether oxygens (including phenoxy) is 3. The molecule has 2 aliphatic rings. The van der Waals surface area contributed by atoms with E-state index in [1.54, 1.807) is 14.2 Å². The fourth-order valence-electron chi connectivity index (χ4n) is 4.38. The smallest absolute Gasteiger partial charge is 0.195 e. The van der Waals surface area contributed by atoms with Gasteiger partial charge in [-0.05, 0) is 41.8 Å². The monoisotopic (exact) mass is 428 g/mol. The Balaban J connectivity index is 1.53. The molecule has 0 radical (unpaired) electrons. The SMILES string of the molecule is COc1ccc(C2=CC3c4ccccc4OC(c4ccc(C(C)C)cc4)N3N2)cc1OC. The van der Waals surface area contributed by atoms with Gasteiger partial charge in [-0.15, -0.1) is 0 Å². The summed E-state index contributed by atoms with van der Waals surface area (Å²) in [6.07, 6.45) is 2.00.